The van der Waals surface area contributed by atoms with Gasteiger partial charge < -0.3 is 10.6 Å². The average Bonchev–Trinajstić information content (AvgIpc) is 2.59. The zero-order chi connectivity index (χ0) is 22.8. The first-order valence-electron chi connectivity index (χ1n) is 8.46. The highest BCUT2D eigenvalue weighted by Crippen LogP contribution is 2.23. The van der Waals surface area contributed by atoms with E-state index in [1.165, 1.54) is 44.2 Å². The Bertz CT molecular complexity index is 892. The van der Waals surface area contributed by atoms with Gasteiger partial charge in [0.05, 0.1) is 29.2 Å². The maximum atomic E-state index is 12.7. The van der Waals surface area contributed by atoms with Crippen LogP contribution in [0.25, 0.3) is 0 Å². The molecule has 2 rings (SSSR count). The molecule has 0 radical (unpaired) electrons. The molecule has 0 bridgehead atoms. The molecular weight excluding hydrogens is 486 g/mol. The van der Waals surface area contributed by atoms with Crippen LogP contribution in [0.2, 0.25) is 5.02 Å². The van der Waals surface area contributed by atoms with Gasteiger partial charge in [0.15, 0.2) is 0 Å². The summed E-state index contributed by atoms with van der Waals surface area (Å²) in [6.07, 6.45) is -0.391. The largest absolute Gasteiger partial charge is 0.325 e. The monoisotopic (exact) mass is 502 g/mol. The molecule has 160 valence electrons. The van der Waals surface area contributed by atoms with Crippen LogP contribution < -0.4 is 10.6 Å². The number of Topliss-reactive ketones (excluding diaryl/α,β-unsaturated/α-hetero) is 2. The molecule has 10 heteroatoms. The van der Waals surface area contributed by atoms with Crippen molar-refractivity contribution in [3.05, 3.63) is 57.5 Å². The number of carbonyl (C=O) groups excluding carboxylic acids is 4. The number of carbonyl (C=O) groups is 4. The maximum Gasteiger partial charge on any atom is 0.231 e. The third kappa shape index (κ3) is 9.71. The van der Waals surface area contributed by atoms with Crippen molar-refractivity contribution in [1.82, 2.24) is 0 Å². The Kier molecular flexibility index (Phi) is 10.3. The van der Waals surface area contributed by atoms with E-state index in [2.05, 4.69) is 26.6 Å². The molecule has 0 aliphatic rings. The fourth-order valence-corrected chi connectivity index (χ4v) is 2.69. The van der Waals surface area contributed by atoms with Crippen LogP contribution in [0, 0.1) is 11.6 Å². The van der Waals surface area contributed by atoms with E-state index in [4.69, 9.17) is 11.6 Å². The van der Waals surface area contributed by atoms with Crippen molar-refractivity contribution in [3.8, 4) is 0 Å². The van der Waals surface area contributed by atoms with Crippen molar-refractivity contribution in [2.24, 2.45) is 0 Å². The lowest BCUT2D eigenvalue weighted by atomic mass is 10.2. The first-order valence-corrected chi connectivity index (χ1v) is 9.63. The third-order valence-corrected chi connectivity index (χ3v) is 4.20. The Morgan fingerprint density at radius 2 is 1.27 bits per heavy atom. The number of benzene rings is 2. The van der Waals surface area contributed by atoms with Gasteiger partial charge in [0.1, 0.15) is 23.2 Å². The van der Waals surface area contributed by atoms with Crippen LogP contribution in [0.5, 0.6) is 0 Å². The molecule has 2 aromatic rings. The molecule has 0 aliphatic carbocycles. The van der Waals surface area contributed by atoms with E-state index in [0.29, 0.717) is 15.8 Å². The SMILES string of the molecule is CC(=O)CC(=O)Nc1ccc(F)cc1Br.CC(=O)CC(=O)Nc1ccc(F)cc1Cl. The number of ketones is 2. The Labute approximate surface area is 185 Å². The van der Waals surface area contributed by atoms with Crippen LogP contribution in [0.1, 0.15) is 26.7 Å². The smallest absolute Gasteiger partial charge is 0.231 e. The number of anilines is 2. The molecular formula is C20H18BrClF2N2O4. The Morgan fingerprint density at radius 3 is 1.70 bits per heavy atom. The summed E-state index contributed by atoms with van der Waals surface area (Å²) in [5.41, 5.74) is 0.743. The molecule has 0 spiro atoms. The van der Waals surface area contributed by atoms with Gasteiger partial charge in [-0.25, -0.2) is 8.78 Å². The van der Waals surface area contributed by atoms with Crippen LogP contribution in [-0.4, -0.2) is 23.4 Å². The van der Waals surface area contributed by atoms with Crippen LogP contribution in [0.4, 0.5) is 20.2 Å². The number of rotatable bonds is 6. The van der Waals surface area contributed by atoms with Gasteiger partial charge in [0, 0.05) is 4.47 Å². The van der Waals surface area contributed by atoms with E-state index in [1.54, 1.807) is 0 Å². The van der Waals surface area contributed by atoms with Crippen LogP contribution in [-0.2, 0) is 19.2 Å². The molecule has 0 heterocycles. The normalized spacial score (nSPS) is 9.80. The summed E-state index contributed by atoms with van der Waals surface area (Å²) in [6.45, 7) is 2.64. The Balaban J connectivity index is 0.000000300. The summed E-state index contributed by atoms with van der Waals surface area (Å²) in [5.74, 6) is -2.21. The molecule has 6 nitrogen and oxygen atoms in total. The van der Waals surface area contributed by atoms with Crippen molar-refractivity contribution in [3.63, 3.8) is 0 Å². The van der Waals surface area contributed by atoms with Gasteiger partial charge in [-0.3, -0.25) is 19.2 Å². The second-order valence-corrected chi connectivity index (χ2v) is 7.36. The molecule has 0 saturated heterocycles. The van der Waals surface area contributed by atoms with E-state index in [0.717, 1.165) is 6.07 Å². The number of halogens is 4. The van der Waals surface area contributed by atoms with Gasteiger partial charge in [0.25, 0.3) is 0 Å². The van der Waals surface area contributed by atoms with Crippen molar-refractivity contribution in [2.75, 3.05) is 10.6 Å². The predicted octanol–water partition coefficient (Wildman–Crippen LogP) is 4.90. The summed E-state index contributed by atoms with van der Waals surface area (Å²) >= 11 is 8.77. The van der Waals surface area contributed by atoms with E-state index in [-0.39, 0.29) is 29.4 Å². The standard InChI is InChI=1S/C10H9BrFNO2.C10H9ClFNO2/c2*1-6(14)4-10(15)13-9-3-2-7(12)5-8(9)11/h2*2-3,5H,4H2,1H3,(H,13,15). The molecule has 0 atom stereocenters. The molecule has 0 fully saturated rings. The highest BCUT2D eigenvalue weighted by atomic mass is 79.9. The van der Waals surface area contributed by atoms with Gasteiger partial charge in [-0.15, -0.1) is 0 Å². The topological polar surface area (TPSA) is 92.3 Å². The van der Waals surface area contributed by atoms with Gasteiger partial charge in [0.2, 0.25) is 11.8 Å². The molecule has 0 saturated carbocycles. The van der Waals surface area contributed by atoms with Crippen molar-refractivity contribution in [1.29, 1.82) is 0 Å². The zero-order valence-electron chi connectivity index (χ0n) is 16.0. The predicted molar refractivity (Wildman–Crippen MR) is 113 cm³/mol. The highest BCUT2D eigenvalue weighted by Gasteiger charge is 2.09. The second-order valence-electron chi connectivity index (χ2n) is 6.10. The van der Waals surface area contributed by atoms with Crippen LogP contribution in [0.3, 0.4) is 0 Å². The molecule has 30 heavy (non-hydrogen) atoms. The molecule has 2 aromatic carbocycles. The van der Waals surface area contributed by atoms with E-state index < -0.39 is 23.4 Å². The molecule has 0 aromatic heterocycles. The minimum atomic E-state index is -0.482. The Morgan fingerprint density at radius 1 is 0.833 bits per heavy atom. The lowest BCUT2D eigenvalue weighted by Gasteiger charge is -2.05. The minimum Gasteiger partial charge on any atom is -0.325 e. The molecule has 0 aliphatic heterocycles. The quantitative estimate of drug-likeness (QED) is 0.548. The summed E-state index contributed by atoms with van der Waals surface area (Å²) in [7, 11) is 0. The summed E-state index contributed by atoms with van der Waals surface area (Å²) in [5, 5.41) is 5.01. The van der Waals surface area contributed by atoms with Crippen molar-refractivity contribution < 1.29 is 28.0 Å². The van der Waals surface area contributed by atoms with Crippen LogP contribution >= 0.6 is 27.5 Å². The lowest BCUT2D eigenvalue weighted by Crippen LogP contribution is -2.15. The zero-order valence-corrected chi connectivity index (χ0v) is 18.4. The number of nitrogens with one attached hydrogen (secondary N) is 2. The third-order valence-electron chi connectivity index (χ3n) is 3.23. The van der Waals surface area contributed by atoms with Crippen molar-refractivity contribution in [2.45, 2.75) is 26.7 Å². The Hall–Kier alpha value is -2.65. The van der Waals surface area contributed by atoms with E-state index in [1.807, 2.05) is 0 Å². The van der Waals surface area contributed by atoms with Crippen molar-refractivity contribution >= 4 is 62.3 Å². The molecule has 2 N–H and O–H groups in total. The first-order chi connectivity index (χ1) is 14.0. The summed E-state index contributed by atoms with van der Waals surface area (Å²) in [6, 6.07) is 7.50. The summed E-state index contributed by atoms with van der Waals surface area (Å²) < 4.78 is 25.8. The van der Waals surface area contributed by atoms with E-state index in [9.17, 15) is 28.0 Å². The number of hydrogen-bond donors (Lipinski definition) is 2. The second kappa shape index (κ2) is 12.1. The maximum absolute atomic E-state index is 12.7. The van der Waals surface area contributed by atoms with Gasteiger partial charge >= 0.3 is 0 Å². The molecule has 2 amide bonds. The lowest BCUT2D eigenvalue weighted by molar-refractivity contribution is -0.125. The average molecular weight is 504 g/mol. The fraction of sp³-hybridized carbons (Fsp3) is 0.200. The highest BCUT2D eigenvalue weighted by molar-refractivity contribution is 9.10. The van der Waals surface area contributed by atoms with Gasteiger partial charge in [-0.1, -0.05) is 11.6 Å². The first kappa shape index (κ1) is 25.4. The van der Waals surface area contributed by atoms with Gasteiger partial charge in [-0.2, -0.15) is 0 Å². The molecule has 0 unspecified atom stereocenters. The minimum absolute atomic E-state index is 0.104. The fourth-order valence-electron chi connectivity index (χ4n) is 2.02. The van der Waals surface area contributed by atoms with Gasteiger partial charge in [-0.05, 0) is 66.2 Å². The van der Waals surface area contributed by atoms with E-state index >= 15 is 0 Å². The summed E-state index contributed by atoms with van der Waals surface area (Å²) in [4.78, 5) is 43.7. The number of amides is 2. The van der Waals surface area contributed by atoms with Crippen LogP contribution in [0.15, 0.2) is 40.9 Å². The number of hydrogen-bond acceptors (Lipinski definition) is 4.